The summed E-state index contributed by atoms with van der Waals surface area (Å²) in [6.07, 6.45) is 6.51. The molecule has 1 aromatic heterocycles. The Kier molecular flexibility index (Phi) is 11.0. The molecular formula is C45H50FN3O9. The minimum absolute atomic E-state index is 0.0714. The van der Waals surface area contributed by atoms with Gasteiger partial charge in [0.25, 0.3) is 0 Å². The summed E-state index contributed by atoms with van der Waals surface area (Å²) < 4.78 is 28.0. The van der Waals surface area contributed by atoms with E-state index in [1.807, 2.05) is 18.2 Å². The summed E-state index contributed by atoms with van der Waals surface area (Å²) >= 11 is 0. The van der Waals surface area contributed by atoms with E-state index in [1.54, 1.807) is 69.6 Å². The Labute approximate surface area is 336 Å². The molecule has 58 heavy (non-hydrogen) atoms. The minimum Gasteiger partial charge on any atom is -0.461 e. The summed E-state index contributed by atoms with van der Waals surface area (Å²) in [4.78, 5) is 68.3. The predicted octanol–water partition coefficient (Wildman–Crippen LogP) is 5.20. The number of benzene rings is 2. The van der Waals surface area contributed by atoms with Crippen LogP contribution in [-0.4, -0.2) is 75.1 Å². The van der Waals surface area contributed by atoms with Gasteiger partial charge in [-0.2, -0.15) is 0 Å². The van der Waals surface area contributed by atoms with Crippen molar-refractivity contribution in [1.29, 1.82) is 0 Å². The number of hydrogen-bond donors (Lipinski definition) is 4. The molecule has 3 aromatic rings. The van der Waals surface area contributed by atoms with Gasteiger partial charge in [-0.25, -0.2) is 4.39 Å². The largest absolute Gasteiger partial charge is 0.461 e. The van der Waals surface area contributed by atoms with E-state index in [4.69, 9.17) is 15.2 Å². The molecule has 306 valence electrons. The van der Waals surface area contributed by atoms with Crippen LogP contribution in [0.1, 0.15) is 76.3 Å². The molecule has 2 aromatic carbocycles. The van der Waals surface area contributed by atoms with E-state index >= 15 is 4.39 Å². The van der Waals surface area contributed by atoms with Crippen LogP contribution in [0, 0.1) is 28.6 Å². The lowest BCUT2D eigenvalue weighted by atomic mass is 9.44. The molecule has 1 heterocycles. The van der Waals surface area contributed by atoms with Gasteiger partial charge >= 0.3 is 11.9 Å². The highest BCUT2D eigenvalue weighted by Crippen LogP contribution is 2.70. The second kappa shape index (κ2) is 15.6. The average Bonchev–Trinajstić information content (AvgIpc) is 3.41. The fourth-order valence-corrected chi connectivity index (χ4v) is 10.5. The molecule has 7 rings (SSSR count). The molecule has 0 radical (unpaired) electrons. The van der Waals surface area contributed by atoms with Gasteiger partial charge in [-0.1, -0.05) is 55.8 Å². The van der Waals surface area contributed by atoms with Gasteiger partial charge in [-0.15, -0.1) is 0 Å². The van der Waals surface area contributed by atoms with E-state index in [9.17, 15) is 34.2 Å². The Morgan fingerprint density at radius 3 is 2.47 bits per heavy atom. The topological polar surface area (TPSA) is 195 Å². The molecule has 5 N–H and O–H groups in total. The molecular weight excluding hydrogens is 746 g/mol. The number of anilines is 1. The molecule has 4 aliphatic rings. The number of Topliss-reactive ketones (excluding diaryl/α,β-unsaturated/α-hetero) is 1. The van der Waals surface area contributed by atoms with Crippen LogP contribution in [0.3, 0.4) is 0 Å². The number of aromatic nitrogens is 1. The highest BCUT2D eigenvalue weighted by atomic mass is 19.1. The number of aliphatic hydroxyl groups is 2. The van der Waals surface area contributed by atoms with Gasteiger partial charge < -0.3 is 30.7 Å². The number of allylic oxidation sites excluding steroid dienone is 4. The van der Waals surface area contributed by atoms with Crippen LogP contribution in [0.4, 0.5) is 10.1 Å². The zero-order valence-electron chi connectivity index (χ0n) is 32.9. The molecule has 3 fully saturated rings. The number of ether oxygens (including phenoxy) is 2. The van der Waals surface area contributed by atoms with Gasteiger partial charge in [-0.05, 0) is 91.3 Å². The molecule has 12 nitrogen and oxygen atoms in total. The van der Waals surface area contributed by atoms with Crippen molar-refractivity contribution in [2.24, 2.45) is 34.3 Å². The third-order valence-corrected chi connectivity index (χ3v) is 13.8. The van der Waals surface area contributed by atoms with E-state index in [0.29, 0.717) is 41.6 Å². The number of ketones is 2. The van der Waals surface area contributed by atoms with Crippen molar-refractivity contribution in [3.63, 3.8) is 0 Å². The van der Waals surface area contributed by atoms with Crippen molar-refractivity contribution in [3.05, 3.63) is 95.9 Å². The van der Waals surface area contributed by atoms with E-state index < -0.39 is 76.2 Å². The number of nitrogens with zero attached hydrogens (tertiary/aromatic N) is 1. The van der Waals surface area contributed by atoms with Crippen LogP contribution >= 0.6 is 0 Å². The molecule has 1 amide bonds. The molecule has 9 atom stereocenters. The Balaban J connectivity index is 0.890. The fourth-order valence-electron chi connectivity index (χ4n) is 10.5. The number of nitrogens with one attached hydrogen (secondary N) is 1. The number of nitrogens with two attached hydrogens (primary N) is 1. The number of esters is 2. The van der Waals surface area contributed by atoms with Crippen molar-refractivity contribution >= 4 is 45.9 Å². The molecule has 13 heteroatoms. The summed E-state index contributed by atoms with van der Waals surface area (Å²) in [6, 6.07) is 14.3. The highest BCUT2D eigenvalue weighted by molar-refractivity contribution is 6.01. The maximum absolute atomic E-state index is 17.4. The minimum atomic E-state index is -2.11. The van der Waals surface area contributed by atoms with E-state index in [-0.39, 0.29) is 44.1 Å². The molecule has 3 saturated carbocycles. The van der Waals surface area contributed by atoms with Gasteiger partial charge in [0, 0.05) is 46.8 Å². The lowest BCUT2D eigenvalue weighted by Crippen LogP contribution is -2.69. The SMILES string of the molecule is C[C@@H]1C[C@H]2[C@@H]3CCC4=CC(=O)C=CC4(C)[C@@]3(F)[C@@H](O)CC2(C)[C@@]1(O)C(=O)COC(=O)CCC(=O)OCc1ccc(C(CN)C(=O)Nc2ccc3cnccc3c2)cc1. The van der Waals surface area contributed by atoms with Crippen LogP contribution in [0.5, 0.6) is 0 Å². The number of rotatable bonds is 12. The van der Waals surface area contributed by atoms with E-state index in [1.165, 1.54) is 12.2 Å². The predicted molar refractivity (Wildman–Crippen MR) is 211 cm³/mol. The van der Waals surface area contributed by atoms with Crippen LogP contribution in [0.15, 0.2) is 84.7 Å². The standard InChI is InChI=1S/C45H50FN3O9/c1-26-18-36-35-11-9-31-20-33(50)14-16-42(31,2)44(35,46)37(51)21-43(36,3)45(26,56)38(52)25-58-40(54)13-12-39(53)57-24-27-4-6-28(7-5-27)34(22-47)41(55)49-32-10-8-30-23-48-17-15-29(30)19-32/h4-8,10,14-17,19-20,23,26,34-37,51,56H,9,11-13,18,21-22,24-25,47H2,1-3H3,(H,49,55)/t26-,34?,35+,36+,37+,42?,43?,44+,45+/m1/s1. The molecule has 0 aliphatic heterocycles. The second-order valence-corrected chi connectivity index (χ2v) is 16.9. The number of hydrogen-bond acceptors (Lipinski definition) is 11. The molecule has 0 spiro atoms. The number of halogens is 1. The lowest BCUT2D eigenvalue weighted by molar-refractivity contribution is -0.220. The Hall–Kier alpha value is -5.11. The molecule has 0 bridgehead atoms. The smallest absolute Gasteiger partial charge is 0.306 e. The molecule has 3 unspecified atom stereocenters. The first-order valence-corrected chi connectivity index (χ1v) is 19.9. The van der Waals surface area contributed by atoms with Crippen LogP contribution in [0.2, 0.25) is 0 Å². The molecule has 4 aliphatic carbocycles. The zero-order chi connectivity index (χ0) is 41.6. The fraction of sp³-hybridized carbons (Fsp3) is 0.467. The lowest BCUT2D eigenvalue weighted by Gasteiger charge is -2.62. The zero-order valence-corrected chi connectivity index (χ0v) is 32.9. The summed E-state index contributed by atoms with van der Waals surface area (Å²) in [7, 11) is 0. The number of pyridine rings is 1. The Morgan fingerprint density at radius 1 is 1.02 bits per heavy atom. The molecule has 0 saturated heterocycles. The first-order chi connectivity index (χ1) is 27.5. The van der Waals surface area contributed by atoms with Gasteiger partial charge in [0.15, 0.2) is 18.1 Å². The van der Waals surface area contributed by atoms with Crippen molar-refractivity contribution in [2.75, 3.05) is 18.5 Å². The maximum atomic E-state index is 17.4. The number of amides is 1. The number of fused-ring (bicyclic) bond motifs is 6. The maximum Gasteiger partial charge on any atom is 0.306 e. The van der Waals surface area contributed by atoms with Gasteiger partial charge in [0.05, 0.1) is 24.9 Å². The summed E-state index contributed by atoms with van der Waals surface area (Å²) in [5.41, 5.74) is 2.05. The first kappa shape index (κ1) is 41.1. The Bertz CT molecular complexity index is 2210. The first-order valence-electron chi connectivity index (χ1n) is 19.9. The van der Waals surface area contributed by atoms with E-state index in [0.717, 1.165) is 10.8 Å². The van der Waals surface area contributed by atoms with Crippen LogP contribution in [-0.2, 0) is 40.1 Å². The van der Waals surface area contributed by atoms with Gasteiger partial charge in [0.1, 0.15) is 12.2 Å². The van der Waals surface area contributed by atoms with E-state index in [2.05, 4.69) is 10.3 Å². The number of carbonyl (C=O) groups excluding carboxylic acids is 5. The summed E-state index contributed by atoms with van der Waals surface area (Å²) in [5, 5.41) is 28.5. The van der Waals surface area contributed by atoms with Crippen molar-refractivity contribution in [3.8, 4) is 0 Å². The van der Waals surface area contributed by atoms with Crippen molar-refractivity contribution in [2.45, 2.75) is 89.2 Å². The number of carbonyl (C=O) groups is 5. The summed E-state index contributed by atoms with van der Waals surface area (Å²) in [5.74, 6) is -5.11. The number of aliphatic hydroxyl groups excluding tert-OH is 1. The monoisotopic (exact) mass is 795 g/mol. The van der Waals surface area contributed by atoms with Crippen LogP contribution < -0.4 is 11.1 Å². The van der Waals surface area contributed by atoms with Crippen LogP contribution in [0.25, 0.3) is 10.8 Å². The third-order valence-electron chi connectivity index (χ3n) is 13.8. The van der Waals surface area contributed by atoms with Crippen molar-refractivity contribution < 1.29 is 48.0 Å². The third kappa shape index (κ3) is 6.86. The van der Waals surface area contributed by atoms with Gasteiger partial charge in [-0.3, -0.25) is 29.0 Å². The average molecular weight is 796 g/mol. The van der Waals surface area contributed by atoms with Gasteiger partial charge in [0.2, 0.25) is 11.7 Å². The number of alkyl halides is 1. The van der Waals surface area contributed by atoms with Crippen molar-refractivity contribution in [1.82, 2.24) is 4.98 Å². The quantitative estimate of drug-likeness (QED) is 0.176. The highest BCUT2D eigenvalue weighted by Gasteiger charge is 2.75. The summed E-state index contributed by atoms with van der Waals surface area (Å²) in [6.45, 7) is 4.37. The Morgan fingerprint density at radius 2 is 1.74 bits per heavy atom. The second-order valence-electron chi connectivity index (χ2n) is 16.9. The normalized spacial score (nSPS) is 31.6.